The minimum absolute atomic E-state index is 0.0644. The maximum atomic E-state index is 10.5. The molecule has 0 spiro atoms. The zero-order valence-electron chi connectivity index (χ0n) is 15.0. The molecule has 2 N–H and O–H groups in total. The van der Waals surface area contributed by atoms with Gasteiger partial charge >= 0.3 is 0 Å². The Hall–Kier alpha value is -2.66. The van der Waals surface area contributed by atoms with Crippen molar-refractivity contribution in [3.8, 4) is 28.8 Å². The lowest BCUT2D eigenvalue weighted by Crippen LogP contribution is -2.14. The Kier molecular flexibility index (Phi) is 3.84. The van der Waals surface area contributed by atoms with Gasteiger partial charge in [0.15, 0.2) is 11.5 Å². The van der Waals surface area contributed by atoms with E-state index in [1.807, 2.05) is 30.3 Å². The number of nitrogens with zero attached hydrogens (tertiary/aromatic N) is 1. The standard InChI is InChI=1S/C21H20N2O2S/c1-21(2,3)14-9-13-10-15-19(25-17(13)16(24)11-14)22-18(23-20(15)26)12-7-5-4-6-8-12/h4-9,11,24H,10H2,1-3H3,(H,22,23,26). The molecule has 2 aromatic carbocycles. The highest BCUT2D eigenvalue weighted by atomic mass is 32.1. The molecule has 1 aliphatic heterocycles. The molecule has 4 nitrogen and oxygen atoms in total. The van der Waals surface area contributed by atoms with Gasteiger partial charge in [-0.25, -0.2) is 4.98 Å². The maximum Gasteiger partial charge on any atom is 0.205 e. The van der Waals surface area contributed by atoms with Gasteiger partial charge < -0.3 is 14.8 Å². The fourth-order valence-electron chi connectivity index (χ4n) is 3.10. The van der Waals surface area contributed by atoms with Crippen molar-refractivity contribution in [2.24, 2.45) is 0 Å². The Morgan fingerprint density at radius 2 is 1.88 bits per heavy atom. The lowest BCUT2D eigenvalue weighted by Gasteiger charge is -2.25. The number of fused-ring (bicyclic) bond motifs is 2. The van der Waals surface area contributed by atoms with E-state index < -0.39 is 0 Å². The predicted molar refractivity (Wildman–Crippen MR) is 105 cm³/mol. The molecule has 0 aliphatic carbocycles. The first-order valence-corrected chi connectivity index (χ1v) is 8.96. The summed E-state index contributed by atoms with van der Waals surface area (Å²) in [5.41, 5.74) is 3.70. The van der Waals surface area contributed by atoms with Crippen molar-refractivity contribution in [3.05, 3.63) is 63.8 Å². The third-order valence-electron chi connectivity index (χ3n) is 4.61. The molecule has 0 amide bonds. The number of hydrogen-bond donors (Lipinski definition) is 2. The average Bonchev–Trinajstić information content (AvgIpc) is 2.60. The number of hydrogen-bond acceptors (Lipinski definition) is 4. The average molecular weight is 364 g/mol. The zero-order valence-corrected chi connectivity index (χ0v) is 15.8. The molecule has 132 valence electrons. The van der Waals surface area contributed by atoms with Crippen molar-refractivity contribution >= 4 is 12.2 Å². The molecular formula is C21H20N2O2S. The first kappa shape index (κ1) is 16.8. The number of aromatic hydroxyl groups is 1. The van der Waals surface area contributed by atoms with Gasteiger partial charge in [-0.3, -0.25) is 0 Å². The second kappa shape index (κ2) is 5.95. The van der Waals surface area contributed by atoms with Crippen LogP contribution >= 0.6 is 12.2 Å². The summed E-state index contributed by atoms with van der Waals surface area (Å²) in [6, 6.07) is 13.6. The van der Waals surface area contributed by atoms with Crippen LogP contribution in [0.4, 0.5) is 0 Å². The molecule has 4 rings (SSSR count). The Bertz CT molecular complexity index is 1050. The van der Waals surface area contributed by atoms with Gasteiger partial charge in [-0.05, 0) is 17.0 Å². The van der Waals surface area contributed by atoms with Gasteiger partial charge in [-0.1, -0.05) is 69.4 Å². The van der Waals surface area contributed by atoms with Crippen LogP contribution in [0.5, 0.6) is 17.4 Å². The second-order valence-electron chi connectivity index (χ2n) is 7.58. The van der Waals surface area contributed by atoms with Crippen molar-refractivity contribution in [1.82, 2.24) is 9.97 Å². The van der Waals surface area contributed by atoms with E-state index in [1.165, 1.54) is 0 Å². The summed E-state index contributed by atoms with van der Waals surface area (Å²) in [5, 5.41) is 10.5. The molecule has 0 atom stereocenters. The van der Waals surface area contributed by atoms with Gasteiger partial charge in [0, 0.05) is 17.5 Å². The van der Waals surface area contributed by atoms with E-state index in [2.05, 4.69) is 36.8 Å². The molecule has 1 aromatic heterocycles. The van der Waals surface area contributed by atoms with Crippen molar-refractivity contribution in [2.45, 2.75) is 32.6 Å². The van der Waals surface area contributed by atoms with Gasteiger partial charge in [0.25, 0.3) is 0 Å². The highest BCUT2D eigenvalue weighted by molar-refractivity contribution is 7.71. The van der Waals surface area contributed by atoms with Crippen LogP contribution in [0.1, 0.15) is 37.5 Å². The van der Waals surface area contributed by atoms with Gasteiger partial charge in [0.1, 0.15) is 10.5 Å². The van der Waals surface area contributed by atoms with Crippen molar-refractivity contribution in [3.63, 3.8) is 0 Å². The van der Waals surface area contributed by atoms with Crippen molar-refractivity contribution in [2.75, 3.05) is 0 Å². The normalized spacial score (nSPS) is 12.9. The second-order valence-corrected chi connectivity index (χ2v) is 7.96. The van der Waals surface area contributed by atoms with Crippen LogP contribution in [0, 0.1) is 4.64 Å². The Labute approximate surface area is 157 Å². The molecular weight excluding hydrogens is 344 g/mol. The highest BCUT2D eigenvalue weighted by Crippen LogP contribution is 2.44. The quantitative estimate of drug-likeness (QED) is 0.438. The summed E-state index contributed by atoms with van der Waals surface area (Å²) in [4.78, 5) is 7.76. The van der Waals surface area contributed by atoms with E-state index >= 15 is 0 Å². The van der Waals surface area contributed by atoms with Crippen LogP contribution in [-0.4, -0.2) is 15.1 Å². The fraction of sp³-hybridized carbons (Fsp3) is 0.238. The van der Waals surface area contributed by atoms with E-state index in [-0.39, 0.29) is 11.2 Å². The molecule has 26 heavy (non-hydrogen) atoms. The smallest absolute Gasteiger partial charge is 0.205 e. The lowest BCUT2D eigenvalue weighted by molar-refractivity contribution is 0.386. The number of aromatic amines is 1. The third-order valence-corrected chi connectivity index (χ3v) is 4.95. The molecule has 2 heterocycles. The number of H-pyrrole nitrogens is 1. The highest BCUT2D eigenvalue weighted by Gasteiger charge is 2.26. The molecule has 3 aromatic rings. The van der Waals surface area contributed by atoms with E-state index in [4.69, 9.17) is 17.0 Å². The minimum atomic E-state index is -0.0644. The predicted octanol–water partition coefficient (Wildman–Crippen LogP) is 5.51. The number of rotatable bonds is 1. The van der Waals surface area contributed by atoms with Gasteiger partial charge in [-0.15, -0.1) is 0 Å². The number of phenols is 1. The molecule has 1 aliphatic rings. The van der Waals surface area contributed by atoms with Crippen LogP contribution in [-0.2, 0) is 11.8 Å². The number of nitrogens with one attached hydrogen (secondary N) is 1. The van der Waals surface area contributed by atoms with Crippen LogP contribution in [0.15, 0.2) is 42.5 Å². The first-order chi connectivity index (χ1) is 12.3. The summed E-state index contributed by atoms with van der Waals surface area (Å²) in [6.45, 7) is 6.35. The number of ether oxygens (including phenoxy) is 1. The zero-order chi connectivity index (χ0) is 18.5. The minimum Gasteiger partial charge on any atom is -0.504 e. The Balaban J connectivity index is 1.82. The molecule has 0 fully saturated rings. The van der Waals surface area contributed by atoms with Crippen LogP contribution in [0.3, 0.4) is 0 Å². The Morgan fingerprint density at radius 3 is 2.58 bits per heavy atom. The maximum absolute atomic E-state index is 10.5. The topological polar surface area (TPSA) is 58.1 Å². The largest absolute Gasteiger partial charge is 0.504 e. The van der Waals surface area contributed by atoms with E-state index in [9.17, 15) is 5.11 Å². The van der Waals surface area contributed by atoms with Crippen molar-refractivity contribution in [1.29, 1.82) is 0 Å². The van der Waals surface area contributed by atoms with E-state index in [0.29, 0.717) is 28.5 Å². The SMILES string of the molecule is CC(C)(C)c1cc(O)c2c(c1)Cc1c([nH]c(-c3ccccc3)nc1=S)O2. The Morgan fingerprint density at radius 1 is 1.15 bits per heavy atom. The molecule has 0 radical (unpaired) electrons. The van der Waals surface area contributed by atoms with Gasteiger partial charge in [0.05, 0.1) is 5.56 Å². The first-order valence-electron chi connectivity index (χ1n) is 8.56. The number of aromatic nitrogens is 2. The van der Waals surface area contributed by atoms with Crippen LogP contribution in [0.2, 0.25) is 0 Å². The molecule has 0 unspecified atom stereocenters. The third kappa shape index (κ3) is 2.88. The number of benzene rings is 2. The number of phenolic OH excluding ortho intramolecular Hbond substituents is 1. The molecule has 0 bridgehead atoms. The van der Waals surface area contributed by atoms with Gasteiger partial charge in [-0.2, -0.15) is 0 Å². The van der Waals surface area contributed by atoms with E-state index in [1.54, 1.807) is 6.07 Å². The summed E-state index contributed by atoms with van der Waals surface area (Å²) < 4.78 is 6.52. The lowest BCUT2D eigenvalue weighted by atomic mass is 9.85. The van der Waals surface area contributed by atoms with Gasteiger partial charge in [0.2, 0.25) is 5.88 Å². The van der Waals surface area contributed by atoms with Crippen LogP contribution < -0.4 is 4.74 Å². The van der Waals surface area contributed by atoms with Crippen LogP contribution in [0.25, 0.3) is 11.4 Å². The summed E-state index contributed by atoms with van der Waals surface area (Å²) in [7, 11) is 0. The fourth-order valence-corrected chi connectivity index (χ4v) is 3.36. The summed E-state index contributed by atoms with van der Waals surface area (Å²) >= 11 is 5.52. The van der Waals surface area contributed by atoms with E-state index in [0.717, 1.165) is 22.3 Å². The van der Waals surface area contributed by atoms with Crippen molar-refractivity contribution < 1.29 is 9.84 Å². The monoisotopic (exact) mass is 364 g/mol. The molecule has 5 heteroatoms. The summed E-state index contributed by atoms with van der Waals surface area (Å²) in [5.74, 6) is 1.84. The molecule has 0 saturated heterocycles. The molecule has 0 saturated carbocycles. The summed E-state index contributed by atoms with van der Waals surface area (Å²) in [6.07, 6.45) is 0.583.